The summed E-state index contributed by atoms with van der Waals surface area (Å²) in [6.45, 7) is 2.78. The molecular formula is C20H21Cl2FN2O. The predicted octanol–water partition coefficient (Wildman–Crippen LogP) is 4.66. The second kappa shape index (κ2) is 8.85. The minimum atomic E-state index is -0.231. The molecule has 0 unspecified atom stereocenters. The Balaban J connectivity index is 1.53. The van der Waals surface area contributed by atoms with Crippen molar-refractivity contribution < 1.29 is 9.18 Å². The molecule has 0 radical (unpaired) electrons. The molecule has 6 heteroatoms. The Hall–Kier alpha value is -1.62. The van der Waals surface area contributed by atoms with Crippen LogP contribution in [0.1, 0.15) is 24.0 Å². The maximum atomic E-state index is 13.0. The van der Waals surface area contributed by atoms with Gasteiger partial charge in [-0.3, -0.25) is 9.69 Å². The Labute approximate surface area is 163 Å². The van der Waals surface area contributed by atoms with E-state index in [2.05, 4.69) is 10.2 Å². The van der Waals surface area contributed by atoms with Crippen LogP contribution in [-0.2, 0) is 17.9 Å². The first-order valence-electron chi connectivity index (χ1n) is 8.69. The van der Waals surface area contributed by atoms with Gasteiger partial charge in [-0.15, -0.1) is 0 Å². The van der Waals surface area contributed by atoms with Crippen molar-refractivity contribution in [3.63, 3.8) is 0 Å². The van der Waals surface area contributed by atoms with Gasteiger partial charge in [0.05, 0.1) is 5.92 Å². The normalized spacial score (nSPS) is 17.9. The van der Waals surface area contributed by atoms with Gasteiger partial charge >= 0.3 is 0 Å². The molecule has 0 bridgehead atoms. The third-order valence-electron chi connectivity index (χ3n) is 4.66. The lowest BCUT2D eigenvalue weighted by Crippen LogP contribution is -2.42. The Kier molecular flexibility index (Phi) is 6.52. The summed E-state index contributed by atoms with van der Waals surface area (Å²) in [4.78, 5) is 14.8. The summed E-state index contributed by atoms with van der Waals surface area (Å²) in [5.41, 5.74) is 1.91. The fraction of sp³-hybridized carbons (Fsp3) is 0.350. The van der Waals surface area contributed by atoms with Crippen LogP contribution in [0.4, 0.5) is 4.39 Å². The lowest BCUT2D eigenvalue weighted by Gasteiger charge is -2.32. The minimum absolute atomic E-state index is 0.0415. The van der Waals surface area contributed by atoms with Gasteiger partial charge in [0, 0.05) is 29.7 Å². The first kappa shape index (κ1) is 19.2. The van der Waals surface area contributed by atoms with Crippen LogP contribution >= 0.6 is 23.2 Å². The summed E-state index contributed by atoms with van der Waals surface area (Å²) < 4.78 is 13.0. The summed E-state index contributed by atoms with van der Waals surface area (Å²) in [6.07, 6.45) is 1.85. The lowest BCUT2D eigenvalue weighted by atomic mass is 9.96. The third-order valence-corrected chi connectivity index (χ3v) is 5.25. The first-order valence-corrected chi connectivity index (χ1v) is 9.45. The second-order valence-electron chi connectivity index (χ2n) is 6.65. The van der Waals surface area contributed by atoms with Crippen molar-refractivity contribution >= 4 is 29.1 Å². The summed E-state index contributed by atoms with van der Waals surface area (Å²) in [5, 5.41) is 4.11. The zero-order chi connectivity index (χ0) is 18.5. The largest absolute Gasteiger partial charge is 0.352 e. The number of carbonyl (C=O) groups is 1. The van der Waals surface area contributed by atoms with Crippen molar-refractivity contribution in [1.82, 2.24) is 10.2 Å². The number of piperidine rings is 1. The van der Waals surface area contributed by atoms with E-state index in [9.17, 15) is 9.18 Å². The third kappa shape index (κ3) is 5.19. The van der Waals surface area contributed by atoms with Crippen LogP contribution in [0.2, 0.25) is 10.0 Å². The highest BCUT2D eigenvalue weighted by molar-refractivity contribution is 6.35. The highest BCUT2D eigenvalue weighted by Gasteiger charge is 2.25. The molecule has 0 spiro atoms. The van der Waals surface area contributed by atoms with Crippen molar-refractivity contribution in [2.24, 2.45) is 5.92 Å². The van der Waals surface area contributed by atoms with E-state index < -0.39 is 0 Å². The van der Waals surface area contributed by atoms with E-state index >= 15 is 0 Å². The van der Waals surface area contributed by atoms with Crippen molar-refractivity contribution in [1.29, 1.82) is 0 Å². The quantitative estimate of drug-likeness (QED) is 0.799. The molecule has 1 saturated heterocycles. The van der Waals surface area contributed by atoms with Crippen LogP contribution in [0.25, 0.3) is 0 Å². The van der Waals surface area contributed by atoms with E-state index in [0.717, 1.165) is 37.1 Å². The fourth-order valence-corrected chi connectivity index (χ4v) is 3.73. The number of hydrogen-bond donors (Lipinski definition) is 1. The molecule has 1 aliphatic heterocycles. The minimum Gasteiger partial charge on any atom is -0.352 e. The smallest absolute Gasteiger partial charge is 0.224 e. The first-order chi connectivity index (χ1) is 12.5. The van der Waals surface area contributed by atoms with Crippen molar-refractivity contribution in [3.05, 3.63) is 69.5 Å². The average molecular weight is 395 g/mol. The van der Waals surface area contributed by atoms with Crippen LogP contribution in [0.5, 0.6) is 0 Å². The van der Waals surface area contributed by atoms with Crippen LogP contribution in [0.3, 0.4) is 0 Å². The molecule has 138 valence electrons. The highest BCUT2D eigenvalue weighted by atomic mass is 35.5. The molecular weight excluding hydrogens is 374 g/mol. The standard InChI is InChI=1S/C20H21Cl2FN2O/c21-17-6-5-15(19(22)10-17)11-24-20(26)16-2-1-9-25(13-16)12-14-3-7-18(23)8-4-14/h3-8,10,16H,1-2,9,11-13H2,(H,24,26)/t16-/m1/s1. The SMILES string of the molecule is O=C(NCc1ccc(Cl)cc1Cl)[C@@H]1CCCN(Cc2ccc(F)cc2)C1. The van der Waals surface area contributed by atoms with E-state index in [1.807, 2.05) is 6.07 Å². The second-order valence-corrected chi connectivity index (χ2v) is 7.50. The molecule has 1 heterocycles. The number of likely N-dealkylation sites (tertiary alicyclic amines) is 1. The Morgan fingerprint density at radius 1 is 1.19 bits per heavy atom. The number of carbonyl (C=O) groups excluding carboxylic acids is 1. The zero-order valence-electron chi connectivity index (χ0n) is 14.4. The van der Waals surface area contributed by atoms with E-state index in [0.29, 0.717) is 23.1 Å². The van der Waals surface area contributed by atoms with Crippen LogP contribution in [0.15, 0.2) is 42.5 Å². The number of amides is 1. The molecule has 1 aliphatic rings. The molecule has 1 amide bonds. The molecule has 0 saturated carbocycles. The number of benzene rings is 2. The van der Waals surface area contributed by atoms with Crippen molar-refractivity contribution in [2.45, 2.75) is 25.9 Å². The van der Waals surface area contributed by atoms with E-state index in [4.69, 9.17) is 23.2 Å². The zero-order valence-corrected chi connectivity index (χ0v) is 15.9. The number of nitrogens with one attached hydrogen (secondary N) is 1. The predicted molar refractivity (Wildman–Crippen MR) is 103 cm³/mol. The number of halogens is 3. The summed E-state index contributed by atoms with van der Waals surface area (Å²) in [7, 11) is 0. The van der Waals surface area contributed by atoms with E-state index in [1.54, 1.807) is 24.3 Å². The molecule has 1 atom stereocenters. The molecule has 0 aliphatic carbocycles. The van der Waals surface area contributed by atoms with Gasteiger partial charge in [0.2, 0.25) is 5.91 Å². The van der Waals surface area contributed by atoms with Gasteiger partial charge in [0.25, 0.3) is 0 Å². The van der Waals surface area contributed by atoms with Crippen molar-refractivity contribution in [3.8, 4) is 0 Å². The lowest BCUT2D eigenvalue weighted by molar-refractivity contribution is -0.126. The fourth-order valence-electron chi connectivity index (χ4n) is 3.25. The maximum absolute atomic E-state index is 13.0. The molecule has 2 aromatic rings. The summed E-state index contributed by atoms with van der Waals surface area (Å²) in [5.74, 6) is -0.236. The number of rotatable bonds is 5. The van der Waals surface area contributed by atoms with Gasteiger partial charge < -0.3 is 5.32 Å². The molecule has 3 nitrogen and oxygen atoms in total. The van der Waals surface area contributed by atoms with Gasteiger partial charge in [-0.2, -0.15) is 0 Å². The molecule has 1 N–H and O–H groups in total. The van der Waals surface area contributed by atoms with Crippen LogP contribution < -0.4 is 5.32 Å². The molecule has 3 rings (SSSR count). The Morgan fingerprint density at radius 3 is 2.69 bits per heavy atom. The average Bonchev–Trinajstić information content (AvgIpc) is 2.63. The Morgan fingerprint density at radius 2 is 1.96 bits per heavy atom. The van der Waals surface area contributed by atoms with Gasteiger partial charge in [-0.25, -0.2) is 4.39 Å². The highest BCUT2D eigenvalue weighted by Crippen LogP contribution is 2.22. The monoisotopic (exact) mass is 394 g/mol. The van der Waals surface area contributed by atoms with E-state index in [1.165, 1.54) is 12.1 Å². The number of nitrogens with zero attached hydrogens (tertiary/aromatic N) is 1. The summed E-state index contributed by atoms with van der Waals surface area (Å²) >= 11 is 12.0. The van der Waals surface area contributed by atoms with Gasteiger partial charge in [0.15, 0.2) is 0 Å². The van der Waals surface area contributed by atoms with Crippen LogP contribution in [0, 0.1) is 11.7 Å². The van der Waals surface area contributed by atoms with Gasteiger partial charge in [-0.1, -0.05) is 41.4 Å². The van der Waals surface area contributed by atoms with Crippen molar-refractivity contribution in [2.75, 3.05) is 13.1 Å². The molecule has 1 fully saturated rings. The molecule has 2 aromatic carbocycles. The Bertz CT molecular complexity index is 767. The summed E-state index contributed by atoms with van der Waals surface area (Å²) in [6, 6.07) is 11.8. The van der Waals surface area contributed by atoms with Gasteiger partial charge in [-0.05, 0) is 54.8 Å². The van der Waals surface area contributed by atoms with E-state index in [-0.39, 0.29) is 17.6 Å². The number of hydrogen-bond acceptors (Lipinski definition) is 2. The van der Waals surface area contributed by atoms with Crippen LogP contribution in [-0.4, -0.2) is 23.9 Å². The van der Waals surface area contributed by atoms with Gasteiger partial charge in [0.1, 0.15) is 5.82 Å². The maximum Gasteiger partial charge on any atom is 0.224 e. The topological polar surface area (TPSA) is 32.3 Å². The molecule has 26 heavy (non-hydrogen) atoms. The molecule has 0 aromatic heterocycles.